The highest BCUT2D eigenvalue weighted by Gasteiger charge is 2.24. The van der Waals surface area contributed by atoms with E-state index in [-0.39, 0.29) is 0 Å². The highest BCUT2D eigenvalue weighted by Crippen LogP contribution is 2.34. The maximum atomic E-state index is 4.51. The van der Waals surface area contributed by atoms with Crippen LogP contribution in [0.2, 0.25) is 0 Å². The Morgan fingerprint density at radius 1 is 1.12 bits per heavy atom. The summed E-state index contributed by atoms with van der Waals surface area (Å²) in [5, 5.41) is 4.51. The number of fused-ring (bicyclic) bond motifs is 1. The molecule has 0 saturated heterocycles. The first kappa shape index (κ1) is 18.0. The van der Waals surface area contributed by atoms with Crippen LogP contribution in [0.5, 0.6) is 0 Å². The van der Waals surface area contributed by atoms with Gasteiger partial charge in [0.2, 0.25) is 0 Å². The van der Waals surface area contributed by atoms with Crippen molar-refractivity contribution in [3.8, 4) is 11.3 Å². The second kappa shape index (κ2) is 8.07. The summed E-state index contributed by atoms with van der Waals surface area (Å²) in [5.74, 6) is 0. The fraction of sp³-hybridized carbons (Fsp3) is 0.591. The number of rotatable bonds is 7. The third kappa shape index (κ3) is 3.91. The topological polar surface area (TPSA) is 21.1 Å². The van der Waals surface area contributed by atoms with E-state index in [1.807, 2.05) is 11.7 Å². The zero-order chi connectivity index (χ0) is 17.8. The molecular formula is C22H33N3. The Hall–Kier alpha value is -1.77. The van der Waals surface area contributed by atoms with Crippen molar-refractivity contribution in [1.29, 1.82) is 0 Å². The van der Waals surface area contributed by atoms with E-state index in [0.717, 1.165) is 5.69 Å². The number of aryl methyl sites for hydroxylation is 3. The lowest BCUT2D eigenvalue weighted by Gasteiger charge is -2.38. The second-order valence-corrected chi connectivity index (χ2v) is 7.52. The molecule has 0 fully saturated rings. The molecule has 1 aliphatic heterocycles. The molecule has 0 saturated carbocycles. The highest BCUT2D eigenvalue weighted by molar-refractivity contribution is 5.68. The summed E-state index contributed by atoms with van der Waals surface area (Å²) in [6.07, 6.45) is 9.00. The Morgan fingerprint density at radius 3 is 2.64 bits per heavy atom. The fourth-order valence-corrected chi connectivity index (χ4v) is 4.27. The molecule has 1 unspecified atom stereocenters. The molecule has 2 heterocycles. The summed E-state index contributed by atoms with van der Waals surface area (Å²) >= 11 is 0. The standard InChI is InChI=1S/C22H33N3/c1-5-7-11-20(9-6-2)25-14-8-10-18-16-19(12-13-21(18)25)22-15-17(3)23-24(22)4/h12-13,15-16,20H,5-11,14H2,1-4H3. The molecule has 0 spiro atoms. The minimum atomic E-state index is 0.703. The molecule has 25 heavy (non-hydrogen) atoms. The van der Waals surface area contributed by atoms with Gasteiger partial charge in [-0.1, -0.05) is 39.2 Å². The van der Waals surface area contributed by atoms with Gasteiger partial charge in [0.1, 0.15) is 0 Å². The van der Waals surface area contributed by atoms with Crippen molar-refractivity contribution in [2.75, 3.05) is 11.4 Å². The summed E-state index contributed by atoms with van der Waals surface area (Å²) in [4.78, 5) is 2.70. The zero-order valence-electron chi connectivity index (χ0n) is 16.4. The van der Waals surface area contributed by atoms with Crippen molar-refractivity contribution < 1.29 is 0 Å². The average Bonchev–Trinajstić information content (AvgIpc) is 2.96. The molecule has 0 N–H and O–H groups in total. The van der Waals surface area contributed by atoms with E-state index in [2.05, 4.69) is 55.0 Å². The summed E-state index contributed by atoms with van der Waals surface area (Å²) in [5.41, 5.74) is 6.58. The maximum absolute atomic E-state index is 4.51. The first-order chi connectivity index (χ1) is 12.1. The molecule has 3 nitrogen and oxygen atoms in total. The summed E-state index contributed by atoms with van der Waals surface area (Å²) in [6, 6.07) is 9.94. The van der Waals surface area contributed by atoms with Gasteiger partial charge in [-0.2, -0.15) is 5.10 Å². The third-order valence-corrected chi connectivity index (χ3v) is 5.49. The number of hydrogen-bond acceptors (Lipinski definition) is 2. The van der Waals surface area contributed by atoms with Gasteiger partial charge in [-0.25, -0.2) is 0 Å². The molecule has 136 valence electrons. The van der Waals surface area contributed by atoms with Crippen LogP contribution in [0.15, 0.2) is 24.3 Å². The van der Waals surface area contributed by atoms with Crippen LogP contribution < -0.4 is 4.90 Å². The lowest BCUT2D eigenvalue weighted by Crippen LogP contribution is -2.39. The van der Waals surface area contributed by atoms with Crippen molar-refractivity contribution in [3.63, 3.8) is 0 Å². The molecule has 3 heteroatoms. The number of aromatic nitrogens is 2. The molecule has 1 atom stereocenters. The van der Waals surface area contributed by atoms with Gasteiger partial charge in [-0.3, -0.25) is 4.68 Å². The smallest absolute Gasteiger partial charge is 0.0681 e. The van der Waals surface area contributed by atoms with Gasteiger partial charge in [0, 0.05) is 30.9 Å². The van der Waals surface area contributed by atoms with Gasteiger partial charge in [-0.15, -0.1) is 0 Å². The average molecular weight is 340 g/mol. The molecule has 1 aromatic carbocycles. The van der Waals surface area contributed by atoms with Crippen LogP contribution in [-0.2, 0) is 13.5 Å². The Labute approximate surface area is 153 Å². The fourth-order valence-electron chi connectivity index (χ4n) is 4.27. The monoisotopic (exact) mass is 339 g/mol. The van der Waals surface area contributed by atoms with E-state index in [9.17, 15) is 0 Å². The molecule has 0 radical (unpaired) electrons. The van der Waals surface area contributed by atoms with Crippen molar-refractivity contribution in [2.45, 2.75) is 71.8 Å². The largest absolute Gasteiger partial charge is 0.368 e. The third-order valence-electron chi connectivity index (χ3n) is 5.49. The van der Waals surface area contributed by atoms with E-state index in [4.69, 9.17) is 0 Å². The summed E-state index contributed by atoms with van der Waals surface area (Å²) in [6.45, 7) is 7.89. The predicted octanol–water partition coefficient (Wildman–Crippen LogP) is 5.51. The van der Waals surface area contributed by atoms with Gasteiger partial charge < -0.3 is 4.90 Å². The van der Waals surface area contributed by atoms with Gasteiger partial charge in [0.05, 0.1) is 11.4 Å². The van der Waals surface area contributed by atoms with Crippen molar-refractivity contribution >= 4 is 5.69 Å². The normalized spacial score (nSPS) is 15.3. The number of hydrogen-bond donors (Lipinski definition) is 0. The number of unbranched alkanes of at least 4 members (excludes halogenated alkanes) is 1. The SMILES string of the molecule is CCCCC(CCC)N1CCCc2cc(-c3cc(C)nn3C)ccc21. The number of nitrogens with zero attached hydrogens (tertiary/aromatic N) is 3. The van der Waals surface area contributed by atoms with Crippen molar-refractivity contribution in [1.82, 2.24) is 9.78 Å². The lowest BCUT2D eigenvalue weighted by molar-refractivity contribution is 0.477. The molecule has 1 aliphatic rings. The van der Waals surface area contributed by atoms with Gasteiger partial charge in [-0.05, 0) is 56.4 Å². The summed E-state index contributed by atoms with van der Waals surface area (Å²) < 4.78 is 2.00. The van der Waals surface area contributed by atoms with E-state index in [0.29, 0.717) is 6.04 Å². The number of anilines is 1. The van der Waals surface area contributed by atoms with Gasteiger partial charge in [0.15, 0.2) is 0 Å². The van der Waals surface area contributed by atoms with E-state index in [1.54, 1.807) is 0 Å². The van der Waals surface area contributed by atoms with Crippen molar-refractivity contribution in [2.24, 2.45) is 7.05 Å². The van der Waals surface area contributed by atoms with Crippen LogP contribution in [-0.4, -0.2) is 22.4 Å². The zero-order valence-corrected chi connectivity index (χ0v) is 16.4. The molecular weight excluding hydrogens is 306 g/mol. The molecule has 0 bridgehead atoms. The minimum absolute atomic E-state index is 0.703. The van der Waals surface area contributed by atoms with E-state index >= 15 is 0 Å². The Kier molecular flexibility index (Phi) is 5.82. The first-order valence-corrected chi connectivity index (χ1v) is 10.0. The van der Waals surface area contributed by atoms with Crippen LogP contribution in [0.3, 0.4) is 0 Å². The van der Waals surface area contributed by atoms with Crippen molar-refractivity contribution in [3.05, 3.63) is 35.5 Å². The maximum Gasteiger partial charge on any atom is 0.0681 e. The molecule has 0 amide bonds. The van der Waals surface area contributed by atoms with Gasteiger partial charge >= 0.3 is 0 Å². The van der Waals surface area contributed by atoms with Crippen LogP contribution in [0, 0.1) is 6.92 Å². The molecule has 2 aromatic rings. The predicted molar refractivity (Wildman–Crippen MR) is 107 cm³/mol. The second-order valence-electron chi connectivity index (χ2n) is 7.52. The van der Waals surface area contributed by atoms with Crippen LogP contribution in [0.1, 0.15) is 63.6 Å². The van der Waals surface area contributed by atoms with Crippen LogP contribution in [0.4, 0.5) is 5.69 Å². The van der Waals surface area contributed by atoms with E-state index in [1.165, 1.54) is 74.0 Å². The van der Waals surface area contributed by atoms with Crippen LogP contribution in [0.25, 0.3) is 11.3 Å². The first-order valence-electron chi connectivity index (χ1n) is 10.0. The molecule has 3 rings (SSSR count). The number of benzene rings is 1. The Balaban J connectivity index is 1.90. The lowest BCUT2D eigenvalue weighted by atomic mass is 9.94. The Morgan fingerprint density at radius 2 is 1.96 bits per heavy atom. The minimum Gasteiger partial charge on any atom is -0.368 e. The highest BCUT2D eigenvalue weighted by atomic mass is 15.3. The Bertz CT molecular complexity index is 701. The molecule has 0 aliphatic carbocycles. The van der Waals surface area contributed by atoms with E-state index < -0.39 is 0 Å². The molecule has 1 aromatic heterocycles. The quantitative estimate of drug-likeness (QED) is 0.663. The summed E-state index contributed by atoms with van der Waals surface area (Å²) in [7, 11) is 2.04. The van der Waals surface area contributed by atoms with Crippen LogP contribution >= 0.6 is 0 Å². The van der Waals surface area contributed by atoms with Gasteiger partial charge in [0.25, 0.3) is 0 Å².